The van der Waals surface area contributed by atoms with Crippen LogP contribution in [-0.2, 0) is 27.9 Å². The number of allylic oxidation sites excluding steroid dienone is 12. The number of unbranched alkanes of at least 4 members (excludes halogenated alkanes) is 12. The quantitative estimate of drug-likeness (QED) is 0.0219. The Hall–Kier alpha value is -2.06. The molecule has 1 N–H and O–H groups in total. The molecule has 9 heteroatoms. The summed E-state index contributed by atoms with van der Waals surface area (Å²) in [5, 5.41) is 0. The van der Waals surface area contributed by atoms with Gasteiger partial charge in [0.1, 0.15) is 19.3 Å². The smallest absolute Gasteiger partial charge is 0.457 e. The van der Waals surface area contributed by atoms with Crippen LogP contribution in [0.15, 0.2) is 72.9 Å². The summed E-state index contributed by atoms with van der Waals surface area (Å²) in [7, 11) is 1.64. The third kappa shape index (κ3) is 41.1. The predicted molar refractivity (Wildman–Crippen MR) is 228 cm³/mol. The van der Waals surface area contributed by atoms with Gasteiger partial charge in [0.2, 0.25) is 0 Å². The van der Waals surface area contributed by atoms with Gasteiger partial charge >= 0.3 is 13.8 Å². The van der Waals surface area contributed by atoms with Crippen molar-refractivity contribution in [3.63, 3.8) is 0 Å². The van der Waals surface area contributed by atoms with Gasteiger partial charge in [0.15, 0.2) is 0 Å². The summed E-state index contributed by atoms with van der Waals surface area (Å²) in [5.74, 6) is -0.330. The van der Waals surface area contributed by atoms with Gasteiger partial charge in [0.25, 0.3) is 0 Å². The van der Waals surface area contributed by atoms with Crippen molar-refractivity contribution in [1.82, 2.24) is 0 Å². The van der Waals surface area contributed by atoms with Gasteiger partial charge in [-0.3, -0.25) is 13.8 Å². The lowest BCUT2D eigenvalue weighted by Crippen LogP contribution is -2.37. The van der Waals surface area contributed by atoms with Gasteiger partial charge in [-0.1, -0.05) is 151 Å². The highest BCUT2D eigenvalue weighted by molar-refractivity contribution is 7.47. The minimum Gasteiger partial charge on any atom is -0.457 e. The van der Waals surface area contributed by atoms with Crippen molar-refractivity contribution in [1.29, 1.82) is 0 Å². The summed E-state index contributed by atoms with van der Waals surface area (Å²) < 4.78 is 34.8. The van der Waals surface area contributed by atoms with E-state index < -0.39 is 13.9 Å². The van der Waals surface area contributed by atoms with Crippen LogP contribution in [0.4, 0.5) is 0 Å². The molecule has 0 saturated carbocycles. The molecule has 0 radical (unpaired) electrons. The number of rotatable bonds is 38. The van der Waals surface area contributed by atoms with Crippen LogP contribution in [0, 0.1) is 0 Å². The molecule has 0 spiro atoms. The van der Waals surface area contributed by atoms with Gasteiger partial charge in [-0.25, -0.2) is 4.57 Å². The van der Waals surface area contributed by atoms with E-state index in [0.717, 1.165) is 83.5 Å². The number of nitrogens with zero attached hydrogens (tertiary/aromatic N) is 1. The zero-order valence-electron chi connectivity index (χ0n) is 35.2. The van der Waals surface area contributed by atoms with E-state index in [1.165, 1.54) is 44.9 Å². The number of hydrogen-bond donors (Lipinski definition) is 1. The maximum Gasteiger partial charge on any atom is 0.472 e. The third-order valence-electron chi connectivity index (χ3n) is 8.53. The molecule has 0 saturated heterocycles. The molecule has 8 nitrogen and oxygen atoms in total. The standard InChI is InChI=1S/C45H80NO7P/c1-6-8-10-12-14-16-17-18-19-20-21-22-23-24-25-26-27-28-29-30-31-33-35-37-40-50-42-44(43-52-54(48,49)51-41-39-46(3,4)5)53-45(47)38-36-34-32-15-13-11-9-7-2/h8,10,14,16,18-19,21-22,24-25,27-28,44H,6-7,9,11-13,15,17,20,23,26,29-43H2,1-5H3/p+1/b10-8-,16-14-,19-18-,22-21-,25-24-,28-27-. The summed E-state index contributed by atoms with van der Waals surface area (Å²) >= 11 is 0. The van der Waals surface area contributed by atoms with E-state index in [1.807, 2.05) is 21.1 Å². The lowest BCUT2D eigenvalue weighted by atomic mass is 10.1. The van der Waals surface area contributed by atoms with Crippen molar-refractivity contribution < 1.29 is 37.3 Å². The highest BCUT2D eigenvalue weighted by Gasteiger charge is 2.26. The van der Waals surface area contributed by atoms with E-state index in [-0.39, 0.29) is 25.8 Å². The molecule has 0 rings (SSSR count). The maximum atomic E-state index is 12.6. The number of ether oxygens (including phenoxy) is 2. The maximum absolute atomic E-state index is 12.6. The van der Waals surface area contributed by atoms with E-state index >= 15 is 0 Å². The normalized spacial score (nSPS) is 14.6. The van der Waals surface area contributed by atoms with Crippen LogP contribution >= 0.6 is 7.82 Å². The molecule has 0 aliphatic heterocycles. The van der Waals surface area contributed by atoms with Crippen LogP contribution in [0.2, 0.25) is 0 Å². The zero-order valence-corrected chi connectivity index (χ0v) is 36.1. The fraction of sp³-hybridized carbons (Fsp3) is 0.711. The largest absolute Gasteiger partial charge is 0.472 e. The second-order valence-electron chi connectivity index (χ2n) is 15.0. The van der Waals surface area contributed by atoms with E-state index in [1.54, 1.807) is 0 Å². The zero-order chi connectivity index (χ0) is 39.9. The fourth-order valence-corrected chi connectivity index (χ4v) is 6.00. The summed E-state index contributed by atoms with van der Waals surface area (Å²) in [6, 6.07) is 0. The highest BCUT2D eigenvalue weighted by Crippen LogP contribution is 2.43. The molecule has 2 unspecified atom stereocenters. The van der Waals surface area contributed by atoms with Crippen molar-refractivity contribution in [3.05, 3.63) is 72.9 Å². The predicted octanol–water partition coefficient (Wildman–Crippen LogP) is 12.3. The van der Waals surface area contributed by atoms with Crippen molar-refractivity contribution in [2.75, 3.05) is 54.1 Å². The molecular formula is C45H81NO7P+. The number of quaternary nitrogens is 1. The minimum atomic E-state index is -4.27. The highest BCUT2D eigenvalue weighted by atomic mass is 31.2. The van der Waals surface area contributed by atoms with Crippen molar-refractivity contribution in [2.24, 2.45) is 0 Å². The number of carbonyl (C=O) groups is 1. The Morgan fingerprint density at radius 3 is 1.61 bits per heavy atom. The van der Waals surface area contributed by atoms with E-state index in [4.69, 9.17) is 18.5 Å². The van der Waals surface area contributed by atoms with Crippen LogP contribution in [-0.4, -0.2) is 75.6 Å². The number of phosphoric acid groups is 1. The Kier molecular flexibility index (Phi) is 36.4. The van der Waals surface area contributed by atoms with Crippen molar-refractivity contribution in [3.8, 4) is 0 Å². The summed E-state index contributed by atoms with van der Waals surface area (Å²) in [6.07, 6.45) is 48.1. The van der Waals surface area contributed by atoms with Gasteiger partial charge in [-0.2, -0.15) is 0 Å². The van der Waals surface area contributed by atoms with Crippen LogP contribution in [0.25, 0.3) is 0 Å². The molecule has 0 aromatic heterocycles. The lowest BCUT2D eigenvalue weighted by Gasteiger charge is -2.24. The topological polar surface area (TPSA) is 91.3 Å². The van der Waals surface area contributed by atoms with Crippen molar-refractivity contribution >= 4 is 13.8 Å². The Labute approximate surface area is 332 Å². The van der Waals surface area contributed by atoms with Gasteiger partial charge in [-0.05, 0) is 64.2 Å². The number of esters is 1. The number of phosphoric ester groups is 1. The van der Waals surface area contributed by atoms with E-state index in [9.17, 15) is 14.3 Å². The van der Waals surface area contributed by atoms with Gasteiger partial charge < -0.3 is 18.9 Å². The number of carbonyl (C=O) groups excluding carboxylic acids is 1. The minimum absolute atomic E-state index is 0.0814. The molecule has 54 heavy (non-hydrogen) atoms. The molecule has 0 heterocycles. The summed E-state index contributed by atoms with van der Waals surface area (Å²) in [5.41, 5.74) is 0. The third-order valence-corrected chi connectivity index (χ3v) is 9.52. The van der Waals surface area contributed by atoms with Crippen LogP contribution in [0.3, 0.4) is 0 Å². The Morgan fingerprint density at radius 1 is 0.593 bits per heavy atom. The second kappa shape index (κ2) is 37.8. The number of likely N-dealkylation sites (N-methyl/N-ethyl adjacent to an activating group) is 1. The molecule has 0 aliphatic rings. The first-order chi connectivity index (χ1) is 26.1. The van der Waals surface area contributed by atoms with Gasteiger partial charge in [0, 0.05) is 13.0 Å². The Bertz CT molecular complexity index is 1090. The average Bonchev–Trinajstić information content (AvgIpc) is 3.12. The Balaban J connectivity index is 4.18. The second-order valence-corrected chi connectivity index (χ2v) is 16.4. The molecule has 2 atom stereocenters. The van der Waals surface area contributed by atoms with Crippen LogP contribution in [0.1, 0.15) is 149 Å². The van der Waals surface area contributed by atoms with Gasteiger partial charge in [0.05, 0.1) is 34.4 Å². The van der Waals surface area contributed by atoms with E-state index in [0.29, 0.717) is 24.1 Å². The van der Waals surface area contributed by atoms with Crippen molar-refractivity contribution in [2.45, 2.75) is 155 Å². The molecule has 0 aromatic rings. The monoisotopic (exact) mass is 779 g/mol. The molecule has 0 aliphatic carbocycles. The fourth-order valence-electron chi connectivity index (χ4n) is 5.26. The van der Waals surface area contributed by atoms with Crippen LogP contribution < -0.4 is 0 Å². The van der Waals surface area contributed by atoms with E-state index in [2.05, 4.69) is 86.8 Å². The lowest BCUT2D eigenvalue weighted by molar-refractivity contribution is -0.870. The molecule has 0 fully saturated rings. The summed E-state index contributed by atoms with van der Waals surface area (Å²) in [4.78, 5) is 22.7. The van der Waals surface area contributed by atoms with Crippen LogP contribution in [0.5, 0.6) is 0 Å². The SMILES string of the molecule is CC/C=C\C/C=C\C/C=C\C/C=C\C/C=C\C/C=C\CCCCCCCOCC(COP(=O)(O)OCC[N+](C)(C)C)OC(=O)CCCCCCCCCC. The number of hydrogen-bond acceptors (Lipinski definition) is 6. The Morgan fingerprint density at radius 2 is 1.07 bits per heavy atom. The molecule has 0 bridgehead atoms. The first-order valence-corrected chi connectivity index (χ1v) is 22.7. The molecular weight excluding hydrogens is 697 g/mol. The first kappa shape index (κ1) is 51.9. The average molecular weight is 779 g/mol. The summed E-state index contributed by atoms with van der Waals surface area (Å²) in [6.45, 7) is 5.40. The van der Waals surface area contributed by atoms with Gasteiger partial charge in [-0.15, -0.1) is 0 Å². The first-order valence-electron chi connectivity index (χ1n) is 21.2. The molecule has 312 valence electrons. The molecule has 0 amide bonds. The molecule has 0 aromatic carbocycles.